The molecule has 2 amide bonds. The number of carboxylic acid groups (broad SMARTS) is 1. The first kappa shape index (κ1) is 25.0. The van der Waals surface area contributed by atoms with Crippen molar-refractivity contribution in [1.29, 1.82) is 0 Å². The van der Waals surface area contributed by atoms with Gasteiger partial charge >= 0.3 is 12.1 Å². The van der Waals surface area contributed by atoms with Crippen LogP contribution in [0.15, 0.2) is 61.2 Å². The lowest BCUT2D eigenvalue weighted by molar-refractivity contribution is -0.142. The van der Waals surface area contributed by atoms with Crippen LogP contribution in [-0.4, -0.2) is 41.8 Å². The number of ether oxygens (including phenoxy) is 1. The van der Waals surface area contributed by atoms with Crippen LogP contribution < -0.4 is 10.6 Å². The zero-order valence-corrected chi connectivity index (χ0v) is 19.8. The second kappa shape index (κ2) is 10.5. The van der Waals surface area contributed by atoms with Crippen LogP contribution in [0.5, 0.6) is 0 Å². The molecule has 1 unspecified atom stereocenters. The minimum Gasteiger partial charge on any atom is -0.480 e. The van der Waals surface area contributed by atoms with Crippen LogP contribution in [-0.2, 0) is 14.3 Å². The van der Waals surface area contributed by atoms with Gasteiger partial charge in [0.05, 0.1) is 0 Å². The summed E-state index contributed by atoms with van der Waals surface area (Å²) in [7, 11) is 0. The Morgan fingerprint density at radius 2 is 1.59 bits per heavy atom. The Balaban J connectivity index is 1.68. The molecule has 0 saturated heterocycles. The van der Waals surface area contributed by atoms with Crippen molar-refractivity contribution in [3.63, 3.8) is 0 Å². The molecule has 2 aromatic carbocycles. The second-order valence-corrected chi connectivity index (χ2v) is 9.53. The number of carboxylic acids is 1. The first-order valence-corrected chi connectivity index (χ1v) is 11.4. The van der Waals surface area contributed by atoms with Crippen LogP contribution in [0.3, 0.4) is 0 Å². The van der Waals surface area contributed by atoms with Crippen molar-refractivity contribution in [3.05, 3.63) is 72.3 Å². The van der Waals surface area contributed by atoms with Crippen LogP contribution in [0.1, 0.15) is 50.7 Å². The molecule has 1 aliphatic rings. The first-order valence-electron chi connectivity index (χ1n) is 11.4. The van der Waals surface area contributed by atoms with Gasteiger partial charge in [-0.2, -0.15) is 0 Å². The first-order chi connectivity index (χ1) is 16.1. The van der Waals surface area contributed by atoms with Crippen molar-refractivity contribution in [2.24, 2.45) is 5.41 Å². The monoisotopic (exact) mass is 464 g/mol. The van der Waals surface area contributed by atoms with Gasteiger partial charge in [0.2, 0.25) is 5.91 Å². The van der Waals surface area contributed by atoms with E-state index in [0.29, 0.717) is 6.42 Å². The Morgan fingerprint density at radius 3 is 2.09 bits per heavy atom. The van der Waals surface area contributed by atoms with Gasteiger partial charge in [-0.15, -0.1) is 6.58 Å². The van der Waals surface area contributed by atoms with Crippen molar-refractivity contribution in [3.8, 4) is 11.1 Å². The maximum atomic E-state index is 12.9. The Hall–Kier alpha value is -3.61. The molecule has 0 bridgehead atoms. The SMILES string of the molecule is C=CCCC(NC(=O)[C@@H](NC(=O)OCC1c2ccccc2-c2ccccc21)C(C)(C)C)C(=O)O. The molecule has 3 N–H and O–H groups in total. The van der Waals surface area contributed by atoms with Crippen LogP contribution in [0.25, 0.3) is 11.1 Å². The molecule has 2 aromatic rings. The van der Waals surface area contributed by atoms with Gasteiger partial charge in [0, 0.05) is 5.92 Å². The van der Waals surface area contributed by atoms with Crippen molar-refractivity contribution < 1.29 is 24.2 Å². The molecule has 7 heteroatoms. The summed E-state index contributed by atoms with van der Waals surface area (Å²) in [6, 6.07) is 14.0. The Labute approximate surface area is 200 Å². The summed E-state index contributed by atoms with van der Waals surface area (Å²) >= 11 is 0. The highest BCUT2D eigenvalue weighted by atomic mass is 16.5. The number of alkyl carbamates (subject to hydrolysis) is 1. The fourth-order valence-electron chi connectivity index (χ4n) is 4.23. The molecule has 0 spiro atoms. The van der Waals surface area contributed by atoms with E-state index in [1.165, 1.54) is 0 Å². The molecule has 0 saturated carbocycles. The minimum atomic E-state index is -1.14. The van der Waals surface area contributed by atoms with E-state index in [9.17, 15) is 19.5 Å². The molecule has 1 aliphatic carbocycles. The number of hydrogen-bond acceptors (Lipinski definition) is 4. The molecule has 0 radical (unpaired) electrons. The van der Waals surface area contributed by atoms with Crippen molar-refractivity contribution in [2.45, 2.75) is 51.6 Å². The van der Waals surface area contributed by atoms with E-state index >= 15 is 0 Å². The Morgan fingerprint density at radius 1 is 1.03 bits per heavy atom. The van der Waals surface area contributed by atoms with Gasteiger partial charge < -0.3 is 20.5 Å². The molecular weight excluding hydrogens is 432 g/mol. The lowest BCUT2D eigenvalue weighted by Gasteiger charge is -2.31. The molecular formula is C27H32N2O5. The molecule has 2 atom stereocenters. The number of carbonyl (C=O) groups excluding carboxylic acids is 2. The van der Waals surface area contributed by atoms with E-state index in [-0.39, 0.29) is 18.9 Å². The third-order valence-electron chi connectivity index (χ3n) is 6.01. The molecule has 180 valence electrons. The average molecular weight is 465 g/mol. The highest BCUT2D eigenvalue weighted by Gasteiger charge is 2.36. The Kier molecular flexibility index (Phi) is 7.76. The molecule has 0 aliphatic heterocycles. The summed E-state index contributed by atoms with van der Waals surface area (Å²) in [5.74, 6) is -1.81. The summed E-state index contributed by atoms with van der Waals surface area (Å²) < 4.78 is 5.57. The van der Waals surface area contributed by atoms with E-state index in [1.54, 1.807) is 26.8 Å². The van der Waals surface area contributed by atoms with Crippen molar-refractivity contribution in [2.75, 3.05) is 6.61 Å². The normalized spacial score (nSPS) is 14.3. The summed E-state index contributed by atoms with van der Waals surface area (Å²) in [6.45, 7) is 9.08. The minimum absolute atomic E-state index is 0.102. The number of benzene rings is 2. The van der Waals surface area contributed by atoms with E-state index in [4.69, 9.17) is 4.74 Å². The number of allylic oxidation sites excluding steroid dienone is 1. The maximum Gasteiger partial charge on any atom is 0.407 e. The topological polar surface area (TPSA) is 105 Å². The van der Waals surface area contributed by atoms with E-state index in [0.717, 1.165) is 22.3 Å². The zero-order valence-electron chi connectivity index (χ0n) is 19.8. The quantitative estimate of drug-likeness (QED) is 0.475. The van der Waals surface area contributed by atoms with Crippen LogP contribution in [0, 0.1) is 5.41 Å². The van der Waals surface area contributed by atoms with E-state index in [2.05, 4.69) is 29.3 Å². The fourth-order valence-corrected chi connectivity index (χ4v) is 4.23. The van der Waals surface area contributed by atoms with Crippen LogP contribution in [0.2, 0.25) is 0 Å². The predicted octanol–water partition coefficient (Wildman–Crippen LogP) is 4.48. The predicted molar refractivity (Wildman–Crippen MR) is 130 cm³/mol. The number of nitrogens with one attached hydrogen (secondary N) is 2. The van der Waals surface area contributed by atoms with Gasteiger partial charge in [-0.25, -0.2) is 9.59 Å². The van der Waals surface area contributed by atoms with Crippen LogP contribution >= 0.6 is 0 Å². The summed E-state index contributed by atoms with van der Waals surface area (Å²) in [5.41, 5.74) is 3.76. The molecule has 3 rings (SSSR count). The number of aliphatic carboxylic acids is 1. The molecule has 7 nitrogen and oxygen atoms in total. The van der Waals surface area contributed by atoms with Crippen molar-refractivity contribution in [1.82, 2.24) is 10.6 Å². The number of carbonyl (C=O) groups is 3. The lowest BCUT2D eigenvalue weighted by Crippen LogP contribution is -2.56. The number of fused-ring (bicyclic) bond motifs is 3. The standard InChI is InChI=1S/C27H32N2O5/c1-5-6-15-22(25(31)32)28-24(30)23(27(2,3)4)29-26(33)34-16-21-19-13-9-7-11-17(19)18-12-8-10-14-20(18)21/h5,7-14,21-23H,1,6,15-16H2,2-4H3,(H,28,30)(H,29,33)(H,31,32)/t22?,23-/m1/s1. The van der Waals surface area contributed by atoms with Gasteiger partial charge in [0.25, 0.3) is 0 Å². The van der Waals surface area contributed by atoms with Gasteiger partial charge in [0.15, 0.2) is 0 Å². The molecule has 0 fully saturated rings. The largest absolute Gasteiger partial charge is 0.480 e. The zero-order chi connectivity index (χ0) is 24.9. The second-order valence-electron chi connectivity index (χ2n) is 9.53. The summed E-state index contributed by atoms with van der Waals surface area (Å²) in [6.07, 6.45) is 1.52. The molecule has 0 aromatic heterocycles. The summed E-state index contributed by atoms with van der Waals surface area (Å²) in [4.78, 5) is 37.2. The highest BCUT2D eigenvalue weighted by molar-refractivity contribution is 5.90. The Bertz CT molecular complexity index is 1030. The summed E-state index contributed by atoms with van der Waals surface area (Å²) in [5, 5.41) is 14.6. The van der Waals surface area contributed by atoms with Crippen molar-refractivity contribution >= 4 is 18.0 Å². The van der Waals surface area contributed by atoms with Gasteiger partial charge in [-0.1, -0.05) is 75.4 Å². The van der Waals surface area contributed by atoms with Crippen LogP contribution in [0.4, 0.5) is 4.79 Å². The number of hydrogen-bond donors (Lipinski definition) is 3. The fraction of sp³-hybridized carbons (Fsp3) is 0.370. The third kappa shape index (κ3) is 5.65. The lowest BCUT2D eigenvalue weighted by atomic mass is 9.86. The number of amides is 2. The number of rotatable bonds is 9. The molecule has 0 heterocycles. The highest BCUT2D eigenvalue weighted by Crippen LogP contribution is 2.44. The van der Waals surface area contributed by atoms with Gasteiger partial charge in [0.1, 0.15) is 18.7 Å². The van der Waals surface area contributed by atoms with Gasteiger partial charge in [-0.05, 0) is 40.5 Å². The molecule has 34 heavy (non-hydrogen) atoms. The van der Waals surface area contributed by atoms with E-state index in [1.807, 2.05) is 36.4 Å². The average Bonchev–Trinajstić information content (AvgIpc) is 3.11. The third-order valence-corrected chi connectivity index (χ3v) is 6.01. The van der Waals surface area contributed by atoms with Gasteiger partial charge in [-0.3, -0.25) is 4.79 Å². The van der Waals surface area contributed by atoms with E-state index < -0.39 is 35.5 Å². The maximum absolute atomic E-state index is 12.9. The smallest absolute Gasteiger partial charge is 0.407 e.